The van der Waals surface area contributed by atoms with Gasteiger partial charge in [0.2, 0.25) is 0 Å². The van der Waals surface area contributed by atoms with Crippen molar-refractivity contribution in [2.24, 2.45) is 0 Å². The van der Waals surface area contributed by atoms with Gasteiger partial charge in [-0.2, -0.15) is 0 Å². The fraction of sp³-hybridized carbons (Fsp3) is 0.0182. The molecule has 1 atom stereocenters. The molecule has 0 fully saturated rings. The minimum absolute atomic E-state index is 0.548. The second-order valence-electron chi connectivity index (χ2n) is 15.3. The number of furan rings is 1. The van der Waals surface area contributed by atoms with Gasteiger partial charge in [0.1, 0.15) is 11.2 Å². The fourth-order valence-electron chi connectivity index (χ4n) is 9.87. The minimum Gasteiger partial charge on any atom is -0.456 e. The lowest BCUT2D eigenvalue weighted by atomic mass is 9.70. The predicted molar refractivity (Wildman–Crippen MR) is 239 cm³/mol. The summed E-state index contributed by atoms with van der Waals surface area (Å²) < 4.78 is 6.45. The first kappa shape index (κ1) is 32.6. The molecule has 9 aromatic carbocycles. The van der Waals surface area contributed by atoms with Crippen LogP contribution in [0.3, 0.4) is 0 Å². The van der Waals surface area contributed by atoms with Gasteiger partial charge in [0.25, 0.3) is 0 Å². The molecule has 0 N–H and O–H groups in total. The normalized spacial score (nSPS) is 14.6. The maximum atomic E-state index is 6.45. The Morgan fingerprint density at radius 3 is 1.22 bits per heavy atom. The molecule has 0 bridgehead atoms. The second kappa shape index (κ2) is 12.7. The Kier molecular flexibility index (Phi) is 7.14. The van der Waals surface area contributed by atoms with Gasteiger partial charge in [0.05, 0.1) is 5.41 Å². The van der Waals surface area contributed by atoms with Crippen molar-refractivity contribution >= 4 is 56.1 Å². The third kappa shape index (κ3) is 4.68. The van der Waals surface area contributed by atoms with Crippen molar-refractivity contribution < 1.29 is 4.42 Å². The smallest absolute Gasteiger partial charge is 0.137 e. The van der Waals surface area contributed by atoms with Gasteiger partial charge in [-0.25, -0.2) is 0 Å². The SMILES string of the molecule is c1ccc(N(c2ccccc2)c2ccc3c(c2)C2(c4ccccc4-3)c3ccccc3-c3ccc(N(c4ccccc4)c4ccc5c(c4)oc4ccccc45)cc32)cc1. The highest BCUT2D eigenvalue weighted by atomic mass is 16.3. The molecule has 10 aromatic rings. The molecule has 58 heavy (non-hydrogen) atoms. The van der Waals surface area contributed by atoms with E-state index >= 15 is 0 Å². The molecule has 0 saturated carbocycles. The molecule has 1 spiro atoms. The Labute approximate surface area is 337 Å². The van der Waals surface area contributed by atoms with Crippen LogP contribution in [0.4, 0.5) is 34.1 Å². The molecule has 0 aliphatic heterocycles. The van der Waals surface area contributed by atoms with Crippen LogP contribution in [0.5, 0.6) is 0 Å². The first-order chi connectivity index (χ1) is 28.8. The van der Waals surface area contributed by atoms with Crippen LogP contribution in [0, 0.1) is 0 Å². The Morgan fingerprint density at radius 2 is 0.672 bits per heavy atom. The van der Waals surface area contributed by atoms with Gasteiger partial charge in [-0.1, -0.05) is 133 Å². The van der Waals surface area contributed by atoms with Crippen LogP contribution in [0.2, 0.25) is 0 Å². The number of fused-ring (bicyclic) bond motifs is 13. The van der Waals surface area contributed by atoms with Crippen LogP contribution >= 0.6 is 0 Å². The minimum atomic E-state index is -0.548. The molecule has 1 unspecified atom stereocenters. The van der Waals surface area contributed by atoms with Crippen molar-refractivity contribution in [1.82, 2.24) is 0 Å². The van der Waals surface area contributed by atoms with Crippen molar-refractivity contribution in [1.29, 1.82) is 0 Å². The van der Waals surface area contributed by atoms with E-state index in [1.54, 1.807) is 0 Å². The van der Waals surface area contributed by atoms with Crippen molar-refractivity contribution in [2.75, 3.05) is 9.80 Å². The van der Waals surface area contributed by atoms with Gasteiger partial charge < -0.3 is 14.2 Å². The van der Waals surface area contributed by atoms with Crippen molar-refractivity contribution in [3.63, 3.8) is 0 Å². The number of hydrogen-bond donors (Lipinski definition) is 0. The van der Waals surface area contributed by atoms with Crippen molar-refractivity contribution in [3.05, 3.63) is 241 Å². The maximum absolute atomic E-state index is 6.45. The van der Waals surface area contributed by atoms with E-state index in [0.717, 1.165) is 56.1 Å². The molecular formula is C55H36N2O. The van der Waals surface area contributed by atoms with Gasteiger partial charge in [0, 0.05) is 51.0 Å². The first-order valence-corrected chi connectivity index (χ1v) is 19.9. The summed E-state index contributed by atoms with van der Waals surface area (Å²) in [7, 11) is 0. The highest BCUT2D eigenvalue weighted by Crippen LogP contribution is 2.64. The van der Waals surface area contributed by atoms with E-state index < -0.39 is 5.41 Å². The summed E-state index contributed by atoms with van der Waals surface area (Å²) in [4.78, 5) is 4.74. The number of rotatable bonds is 6. The molecular weight excluding hydrogens is 705 g/mol. The molecule has 3 heteroatoms. The Morgan fingerprint density at radius 1 is 0.276 bits per heavy atom. The van der Waals surface area contributed by atoms with E-state index in [-0.39, 0.29) is 0 Å². The summed E-state index contributed by atoms with van der Waals surface area (Å²) >= 11 is 0. The van der Waals surface area contributed by atoms with E-state index in [0.29, 0.717) is 0 Å². The van der Waals surface area contributed by atoms with Crippen LogP contribution in [0.15, 0.2) is 223 Å². The number of anilines is 6. The summed E-state index contributed by atoms with van der Waals surface area (Å²) in [5.74, 6) is 0. The Bertz CT molecular complexity index is 3140. The standard InChI is InChI=1S/C55H36N2O/c1-4-16-37(17-5-1)56(38-18-6-2-7-19-38)40-28-31-45-43-22-10-13-25-49(43)55(51(45)34-40)50-26-14-11-23-44(50)46-32-29-41(35-52(46)55)57(39-20-8-3-9-21-39)42-30-33-48-47-24-12-15-27-53(47)58-54(48)36-42/h1-36H. The third-order valence-corrected chi connectivity index (χ3v) is 12.2. The maximum Gasteiger partial charge on any atom is 0.137 e. The van der Waals surface area contributed by atoms with Crippen molar-refractivity contribution in [3.8, 4) is 22.3 Å². The second-order valence-corrected chi connectivity index (χ2v) is 15.3. The lowest BCUT2D eigenvalue weighted by molar-refractivity contribution is 0.669. The third-order valence-electron chi connectivity index (χ3n) is 12.2. The van der Waals surface area contributed by atoms with Gasteiger partial charge in [-0.05, 0) is 123 Å². The van der Waals surface area contributed by atoms with E-state index in [1.165, 1.54) is 44.5 Å². The summed E-state index contributed by atoms with van der Waals surface area (Å²) in [5.41, 5.74) is 18.1. The zero-order chi connectivity index (χ0) is 38.2. The van der Waals surface area contributed by atoms with Crippen LogP contribution in [-0.2, 0) is 5.41 Å². The molecule has 0 radical (unpaired) electrons. The molecule has 0 saturated heterocycles. The van der Waals surface area contributed by atoms with Crippen LogP contribution < -0.4 is 9.80 Å². The van der Waals surface area contributed by atoms with Gasteiger partial charge in [-0.15, -0.1) is 0 Å². The summed E-state index contributed by atoms with van der Waals surface area (Å²) in [6.07, 6.45) is 0. The average Bonchev–Trinajstić information content (AvgIpc) is 3.91. The monoisotopic (exact) mass is 740 g/mol. The van der Waals surface area contributed by atoms with E-state index in [4.69, 9.17) is 4.42 Å². The summed E-state index contributed by atoms with van der Waals surface area (Å²) in [6, 6.07) is 79.2. The summed E-state index contributed by atoms with van der Waals surface area (Å²) in [5, 5.41) is 2.24. The van der Waals surface area contributed by atoms with Crippen molar-refractivity contribution in [2.45, 2.75) is 5.41 Å². The van der Waals surface area contributed by atoms with Crippen LogP contribution in [0.25, 0.3) is 44.2 Å². The average molecular weight is 741 g/mol. The quantitative estimate of drug-likeness (QED) is 0.169. The molecule has 272 valence electrons. The van der Waals surface area contributed by atoms with Gasteiger partial charge in [-0.3, -0.25) is 0 Å². The van der Waals surface area contributed by atoms with Crippen LogP contribution in [0.1, 0.15) is 22.3 Å². The fourth-order valence-corrected chi connectivity index (χ4v) is 9.87. The van der Waals surface area contributed by atoms with Crippen LogP contribution in [-0.4, -0.2) is 0 Å². The lowest BCUT2D eigenvalue weighted by Crippen LogP contribution is -2.26. The molecule has 0 amide bonds. The highest BCUT2D eigenvalue weighted by molar-refractivity contribution is 6.06. The molecule has 1 heterocycles. The Balaban J connectivity index is 1.11. The van der Waals surface area contributed by atoms with E-state index in [1.807, 2.05) is 12.1 Å². The number of nitrogens with zero attached hydrogens (tertiary/aromatic N) is 2. The predicted octanol–water partition coefficient (Wildman–Crippen LogP) is 14.9. The van der Waals surface area contributed by atoms with E-state index in [2.05, 4.69) is 216 Å². The zero-order valence-electron chi connectivity index (χ0n) is 31.6. The first-order valence-electron chi connectivity index (χ1n) is 19.9. The molecule has 1 aromatic heterocycles. The molecule has 2 aliphatic carbocycles. The molecule has 12 rings (SSSR count). The molecule has 2 aliphatic rings. The highest BCUT2D eigenvalue weighted by Gasteiger charge is 2.52. The van der Waals surface area contributed by atoms with Gasteiger partial charge in [0.15, 0.2) is 0 Å². The zero-order valence-corrected chi connectivity index (χ0v) is 31.6. The number of benzene rings is 9. The van der Waals surface area contributed by atoms with E-state index in [9.17, 15) is 0 Å². The molecule has 3 nitrogen and oxygen atoms in total. The largest absolute Gasteiger partial charge is 0.456 e. The Hall–Kier alpha value is -7.62. The topological polar surface area (TPSA) is 19.6 Å². The number of hydrogen-bond acceptors (Lipinski definition) is 3. The van der Waals surface area contributed by atoms with Gasteiger partial charge >= 0.3 is 0 Å². The summed E-state index contributed by atoms with van der Waals surface area (Å²) in [6.45, 7) is 0. The number of para-hydroxylation sites is 4. The lowest BCUT2D eigenvalue weighted by Gasteiger charge is -2.33.